The molecule has 13 nitrogen and oxygen atoms in total. The van der Waals surface area contributed by atoms with Gasteiger partial charge in [-0.2, -0.15) is 0 Å². The number of aliphatic hydroxyl groups is 1. The van der Waals surface area contributed by atoms with E-state index in [1.807, 2.05) is 0 Å². The van der Waals surface area contributed by atoms with Crippen LogP contribution in [0.5, 0.6) is 0 Å². The fourth-order valence-electron chi connectivity index (χ4n) is 5.52. The maximum absolute atomic E-state index is 12.4. The number of rotatable bonds is 26. The lowest BCUT2D eigenvalue weighted by Crippen LogP contribution is -2.63. The summed E-state index contributed by atoms with van der Waals surface area (Å²) in [5.41, 5.74) is 0. The van der Waals surface area contributed by atoms with Gasteiger partial charge in [-0.25, -0.2) is 0 Å². The Bertz CT molecular complexity index is 939. The lowest BCUT2D eigenvalue weighted by Gasteiger charge is -2.44. The van der Waals surface area contributed by atoms with Crippen LogP contribution >= 0.6 is 0 Å². The molecule has 1 saturated heterocycles. The summed E-state index contributed by atoms with van der Waals surface area (Å²) in [6.07, 6.45) is 10.5. The molecule has 0 aliphatic carbocycles. The number of hydrogen-bond acceptors (Lipinski definition) is 13. The van der Waals surface area contributed by atoms with Gasteiger partial charge in [-0.1, -0.05) is 96.8 Å². The number of unbranched alkanes of at least 4 members (excludes halogenated alkanes) is 14. The van der Waals surface area contributed by atoms with Crippen LogP contribution in [0.1, 0.15) is 137 Å². The van der Waals surface area contributed by atoms with E-state index >= 15 is 0 Å². The highest BCUT2D eigenvalue weighted by molar-refractivity contribution is 5.69. The molecule has 1 aliphatic heterocycles. The summed E-state index contributed by atoms with van der Waals surface area (Å²) < 4.78 is 38.2. The maximum Gasteiger partial charge on any atom is 0.305 e. The SMILES string of the molecule is CCCCCCCCCCCCCCCCCC(=O)OC[C@H](CO)O[C@@H]1O[C@H](COC(C)=O)[C@@H](OC(C)=O)[C@H](OC(C)=O)[C@H]1OC(C)=O. The summed E-state index contributed by atoms with van der Waals surface area (Å²) in [6.45, 7) is 5.39. The van der Waals surface area contributed by atoms with Gasteiger partial charge >= 0.3 is 29.8 Å². The second kappa shape index (κ2) is 26.1. The van der Waals surface area contributed by atoms with Crippen molar-refractivity contribution in [1.82, 2.24) is 0 Å². The van der Waals surface area contributed by atoms with Crippen LogP contribution in [-0.4, -0.2) is 91.6 Å². The quantitative estimate of drug-likeness (QED) is 0.0711. The highest BCUT2D eigenvalue weighted by Gasteiger charge is 2.53. The van der Waals surface area contributed by atoms with Gasteiger partial charge in [0.05, 0.1) is 6.61 Å². The third-order valence-corrected chi connectivity index (χ3v) is 7.89. The van der Waals surface area contributed by atoms with E-state index in [4.69, 9.17) is 33.2 Å². The van der Waals surface area contributed by atoms with Crippen molar-refractivity contribution in [2.45, 2.75) is 174 Å². The average Bonchev–Trinajstić information content (AvgIpc) is 3.02. The maximum atomic E-state index is 12.4. The predicted octanol–water partition coefficient (Wildman–Crippen LogP) is 5.25. The van der Waals surface area contributed by atoms with Crippen LogP contribution in [0.15, 0.2) is 0 Å². The molecule has 6 atom stereocenters. The molecule has 0 aromatic rings. The third-order valence-electron chi connectivity index (χ3n) is 7.89. The molecule has 1 aliphatic rings. The zero-order chi connectivity index (χ0) is 35.7. The number of aliphatic hydroxyl groups excluding tert-OH is 1. The summed E-state index contributed by atoms with van der Waals surface area (Å²) in [5.74, 6) is -3.44. The Hall–Kier alpha value is -2.77. The molecule has 0 unspecified atom stereocenters. The molecule has 278 valence electrons. The fourth-order valence-corrected chi connectivity index (χ4v) is 5.52. The molecule has 0 radical (unpaired) electrons. The van der Waals surface area contributed by atoms with Crippen LogP contribution in [0, 0.1) is 0 Å². The van der Waals surface area contributed by atoms with Crippen molar-refractivity contribution in [1.29, 1.82) is 0 Å². The van der Waals surface area contributed by atoms with Gasteiger partial charge in [0.2, 0.25) is 0 Å². The number of carbonyl (C=O) groups is 5. The van der Waals surface area contributed by atoms with Gasteiger partial charge in [0.1, 0.15) is 25.4 Å². The first-order valence-electron chi connectivity index (χ1n) is 17.7. The molecule has 13 heteroatoms. The Labute approximate surface area is 286 Å². The van der Waals surface area contributed by atoms with E-state index in [2.05, 4.69) is 6.92 Å². The summed E-state index contributed by atoms with van der Waals surface area (Å²) in [5, 5.41) is 9.98. The van der Waals surface area contributed by atoms with E-state index in [1.54, 1.807) is 0 Å². The van der Waals surface area contributed by atoms with Crippen molar-refractivity contribution in [3.8, 4) is 0 Å². The van der Waals surface area contributed by atoms with Crippen LogP contribution < -0.4 is 0 Å². The molecule has 0 aromatic carbocycles. The summed E-state index contributed by atoms with van der Waals surface area (Å²) in [7, 11) is 0. The molecule has 0 bridgehead atoms. The minimum absolute atomic E-state index is 0.218. The highest BCUT2D eigenvalue weighted by Crippen LogP contribution is 2.30. The Morgan fingerprint density at radius 3 is 1.52 bits per heavy atom. The van der Waals surface area contributed by atoms with Gasteiger partial charge in [0.25, 0.3) is 0 Å². The Morgan fingerprint density at radius 1 is 0.604 bits per heavy atom. The normalized spacial score (nSPS) is 21.2. The number of hydrogen-bond donors (Lipinski definition) is 1. The minimum Gasteiger partial charge on any atom is -0.463 e. The van der Waals surface area contributed by atoms with Crippen LogP contribution in [0.4, 0.5) is 0 Å². The number of carbonyl (C=O) groups excluding carboxylic acids is 5. The third kappa shape index (κ3) is 19.9. The highest BCUT2D eigenvalue weighted by atomic mass is 16.7. The molecule has 1 N–H and O–H groups in total. The summed E-state index contributed by atoms with van der Waals surface area (Å²) in [6, 6.07) is 0. The van der Waals surface area contributed by atoms with Gasteiger partial charge in [-0.3, -0.25) is 24.0 Å². The van der Waals surface area contributed by atoms with Gasteiger partial charge in [0, 0.05) is 34.1 Å². The van der Waals surface area contributed by atoms with Crippen molar-refractivity contribution in [2.24, 2.45) is 0 Å². The molecule has 0 aromatic heterocycles. The van der Waals surface area contributed by atoms with E-state index in [-0.39, 0.29) is 13.0 Å². The van der Waals surface area contributed by atoms with Crippen molar-refractivity contribution < 1.29 is 62.2 Å². The number of esters is 5. The van der Waals surface area contributed by atoms with Gasteiger partial charge in [-0.15, -0.1) is 0 Å². The minimum atomic E-state index is -1.49. The molecule has 0 amide bonds. The first-order chi connectivity index (χ1) is 23.0. The van der Waals surface area contributed by atoms with E-state index in [9.17, 15) is 29.1 Å². The summed E-state index contributed by atoms with van der Waals surface area (Å²) in [4.78, 5) is 59.8. The van der Waals surface area contributed by atoms with Crippen LogP contribution in [0.3, 0.4) is 0 Å². The van der Waals surface area contributed by atoms with E-state index in [1.165, 1.54) is 77.6 Å². The molecule has 0 spiro atoms. The van der Waals surface area contributed by atoms with E-state index in [0.717, 1.165) is 40.0 Å². The standard InChI is InChI=1S/C35H60O13/c1-6-7-8-9-10-11-12-13-14-15-16-17-18-19-20-21-31(41)43-23-29(22-36)47-35-34(46-28(5)40)33(45-27(4)39)32(44-26(3)38)30(48-35)24-42-25(2)37/h29-30,32-36H,6-24H2,1-5H3/t29-,30+,32+,33-,34+,35+/m0/s1. The van der Waals surface area contributed by atoms with E-state index in [0.29, 0.717) is 6.42 Å². The first kappa shape index (κ1) is 43.3. The molecule has 0 saturated carbocycles. The molecular weight excluding hydrogens is 628 g/mol. The first-order valence-corrected chi connectivity index (χ1v) is 17.7. The Balaban J connectivity index is 2.56. The number of ether oxygens (including phenoxy) is 7. The van der Waals surface area contributed by atoms with E-state index < -0.39 is 79.9 Å². The van der Waals surface area contributed by atoms with Crippen LogP contribution in [0.25, 0.3) is 0 Å². The molecule has 1 fully saturated rings. The smallest absolute Gasteiger partial charge is 0.305 e. The summed E-state index contributed by atoms with van der Waals surface area (Å²) >= 11 is 0. The van der Waals surface area contributed by atoms with Gasteiger partial charge in [-0.05, 0) is 6.42 Å². The van der Waals surface area contributed by atoms with Crippen molar-refractivity contribution in [3.05, 3.63) is 0 Å². The fraction of sp³-hybridized carbons (Fsp3) is 0.857. The van der Waals surface area contributed by atoms with Crippen LogP contribution in [0.2, 0.25) is 0 Å². The van der Waals surface area contributed by atoms with Gasteiger partial charge < -0.3 is 38.3 Å². The zero-order valence-corrected chi connectivity index (χ0v) is 29.7. The monoisotopic (exact) mass is 688 g/mol. The van der Waals surface area contributed by atoms with Crippen molar-refractivity contribution in [2.75, 3.05) is 19.8 Å². The predicted molar refractivity (Wildman–Crippen MR) is 174 cm³/mol. The molecular formula is C35H60O13. The van der Waals surface area contributed by atoms with Crippen molar-refractivity contribution >= 4 is 29.8 Å². The topological polar surface area (TPSA) is 170 Å². The Morgan fingerprint density at radius 2 is 1.06 bits per heavy atom. The van der Waals surface area contributed by atoms with Gasteiger partial charge in [0.15, 0.2) is 24.6 Å². The molecule has 1 heterocycles. The second-order valence-electron chi connectivity index (χ2n) is 12.4. The zero-order valence-electron chi connectivity index (χ0n) is 29.7. The second-order valence-corrected chi connectivity index (χ2v) is 12.4. The lowest BCUT2D eigenvalue weighted by atomic mass is 9.98. The largest absolute Gasteiger partial charge is 0.463 e. The lowest BCUT2D eigenvalue weighted by molar-refractivity contribution is -0.320. The molecule has 1 rings (SSSR count). The molecule has 48 heavy (non-hydrogen) atoms. The van der Waals surface area contributed by atoms with Crippen molar-refractivity contribution in [3.63, 3.8) is 0 Å². The Kier molecular flexibility index (Phi) is 23.6. The average molecular weight is 689 g/mol. The van der Waals surface area contributed by atoms with Crippen LogP contribution in [-0.2, 0) is 57.1 Å².